The number of para-hydroxylation sites is 1. The van der Waals surface area contributed by atoms with Crippen LogP contribution < -0.4 is 4.74 Å². The molecule has 1 aromatic carbocycles. The zero-order chi connectivity index (χ0) is 16.8. The van der Waals surface area contributed by atoms with Gasteiger partial charge in [0.05, 0.1) is 7.11 Å². The molecule has 0 unspecified atom stereocenters. The van der Waals surface area contributed by atoms with Crippen LogP contribution in [0, 0.1) is 0 Å². The summed E-state index contributed by atoms with van der Waals surface area (Å²) < 4.78 is 5.32. The smallest absolute Gasteiger partial charge is 0.246 e. The Morgan fingerprint density at radius 3 is 2.50 bits per heavy atom. The van der Waals surface area contributed by atoms with Crippen LogP contribution in [0.2, 0.25) is 0 Å². The van der Waals surface area contributed by atoms with Crippen molar-refractivity contribution in [3.63, 3.8) is 0 Å². The maximum Gasteiger partial charge on any atom is 0.246 e. The van der Waals surface area contributed by atoms with Crippen molar-refractivity contribution in [2.75, 3.05) is 33.3 Å². The molecule has 2 aliphatic heterocycles. The van der Waals surface area contributed by atoms with E-state index in [9.17, 15) is 4.79 Å². The van der Waals surface area contributed by atoms with Gasteiger partial charge in [0.2, 0.25) is 5.91 Å². The predicted octanol–water partition coefficient (Wildman–Crippen LogP) is 3.19. The Morgan fingerprint density at radius 2 is 1.79 bits per heavy atom. The van der Waals surface area contributed by atoms with Crippen LogP contribution in [0.3, 0.4) is 0 Å². The average molecular weight is 328 g/mol. The molecule has 4 heteroatoms. The first-order chi connectivity index (χ1) is 11.8. The summed E-state index contributed by atoms with van der Waals surface area (Å²) in [6.45, 7) is 4.23. The second-order valence-corrected chi connectivity index (χ2v) is 6.73. The van der Waals surface area contributed by atoms with Gasteiger partial charge >= 0.3 is 0 Å². The van der Waals surface area contributed by atoms with Crippen LogP contribution in [0.5, 0.6) is 5.75 Å². The number of methoxy groups -OCH3 is 1. The van der Waals surface area contributed by atoms with Gasteiger partial charge in [0.1, 0.15) is 5.75 Å². The maximum atomic E-state index is 12.4. The molecule has 0 N–H and O–H groups in total. The summed E-state index contributed by atoms with van der Waals surface area (Å²) in [6, 6.07) is 8.44. The van der Waals surface area contributed by atoms with Crippen molar-refractivity contribution in [3.8, 4) is 5.75 Å². The van der Waals surface area contributed by atoms with E-state index in [1.165, 1.54) is 32.4 Å². The van der Waals surface area contributed by atoms with Crippen LogP contribution in [0.25, 0.3) is 6.08 Å². The molecular weight excluding hydrogens is 300 g/mol. The standard InChI is InChI=1S/C20H28N2O2/c1-24-19-8-4-3-7-17(19)9-10-20(23)22-15-11-18(12-16-22)21-13-5-2-6-14-21/h3-4,7-10,18H,2,5-6,11-16H2,1H3/b10-9-. The van der Waals surface area contributed by atoms with Crippen molar-refractivity contribution >= 4 is 12.0 Å². The van der Waals surface area contributed by atoms with Gasteiger partial charge in [-0.3, -0.25) is 4.79 Å². The van der Waals surface area contributed by atoms with Gasteiger partial charge in [-0.25, -0.2) is 0 Å². The molecule has 0 saturated carbocycles. The second-order valence-electron chi connectivity index (χ2n) is 6.73. The van der Waals surface area contributed by atoms with E-state index in [1.807, 2.05) is 35.2 Å². The summed E-state index contributed by atoms with van der Waals surface area (Å²) >= 11 is 0. The van der Waals surface area contributed by atoms with Crippen LogP contribution >= 0.6 is 0 Å². The van der Waals surface area contributed by atoms with Crippen molar-refractivity contribution in [2.24, 2.45) is 0 Å². The number of likely N-dealkylation sites (tertiary alicyclic amines) is 2. The summed E-state index contributed by atoms with van der Waals surface area (Å²) in [4.78, 5) is 17.1. The number of benzene rings is 1. The zero-order valence-corrected chi connectivity index (χ0v) is 14.6. The van der Waals surface area contributed by atoms with Crippen LogP contribution in [0.15, 0.2) is 30.3 Å². The van der Waals surface area contributed by atoms with Crippen LogP contribution in [0.1, 0.15) is 37.7 Å². The summed E-state index contributed by atoms with van der Waals surface area (Å²) in [5, 5.41) is 0. The van der Waals surface area contributed by atoms with E-state index in [2.05, 4.69) is 4.90 Å². The van der Waals surface area contributed by atoms with E-state index in [1.54, 1.807) is 13.2 Å². The molecule has 2 saturated heterocycles. The number of nitrogens with zero attached hydrogens (tertiary/aromatic N) is 2. The lowest BCUT2D eigenvalue weighted by Gasteiger charge is -2.40. The highest BCUT2D eigenvalue weighted by Gasteiger charge is 2.26. The molecule has 24 heavy (non-hydrogen) atoms. The first-order valence-corrected chi connectivity index (χ1v) is 9.12. The fourth-order valence-electron chi connectivity index (χ4n) is 3.81. The molecule has 1 amide bonds. The number of rotatable bonds is 4. The lowest BCUT2D eigenvalue weighted by Crippen LogP contribution is -2.47. The highest BCUT2D eigenvalue weighted by molar-refractivity contribution is 5.92. The highest BCUT2D eigenvalue weighted by Crippen LogP contribution is 2.22. The molecule has 3 rings (SSSR count). The first kappa shape index (κ1) is 17.0. The summed E-state index contributed by atoms with van der Waals surface area (Å²) in [7, 11) is 1.65. The zero-order valence-electron chi connectivity index (χ0n) is 14.6. The van der Waals surface area contributed by atoms with Gasteiger partial charge < -0.3 is 14.5 Å². The Morgan fingerprint density at radius 1 is 1.08 bits per heavy atom. The van der Waals surface area contributed by atoms with Crippen molar-refractivity contribution < 1.29 is 9.53 Å². The van der Waals surface area contributed by atoms with Crippen molar-refractivity contribution in [2.45, 2.75) is 38.1 Å². The highest BCUT2D eigenvalue weighted by atomic mass is 16.5. The molecule has 0 radical (unpaired) electrons. The molecule has 2 fully saturated rings. The minimum Gasteiger partial charge on any atom is -0.496 e. The van der Waals surface area contributed by atoms with E-state index in [0.717, 1.165) is 37.2 Å². The molecule has 2 aliphatic rings. The molecule has 1 aromatic rings. The molecule has 0 aromatic heterocycles. The second kappa shape index (κ2) is 8.34. The number of carbonyl (C=O) groups is 1. The van der Waals surface area contributed by atoms with Gasteiger partial charge in [-0.1, -0.05) is 24.6 Å². The van der Waals surface area contributed by atoms with E-state index in [0.29, 0.717) is 6.04 Å². The lowest BCUT2D eigenvalue weighted by atomic mass is 10.00. The summed E-state index contributed by atoms with van der Waals surface area (Å²) in [5.41, 5.74) is 0.941. The normalized spacial score (nSPS) is 20.5. The Kier molecular flexibility index (Phi) is 5.91. The monoisotopic (exact) mass is 328 g/mol. The lowest BCUT2D eigenvalue weighted by molar-refractivity contribution is -0.127. The van der Waals surface area contributed by atoms with Crippen molar-refractivity contribution in [1.29, 1.82) is 0 Å². The van der Waals surface area contributed by atoms with Crippen LogP contribution in [-0.2, 0) is 4.79 Å². The molecular formula is C20H28N2O2. The molecule has 0 spiro atoms. The van der Waals surface area contributed by atoms with E-state index in [4.69, 9.17) is 4.74 Å². The molecule has 2 heterocycles. The number of amides is 1. The van der Waals surface area contributed by atoms with Gasteiger partial charge in [-0.15, -0.1) is 0 Å². The molecule has 4 nitrogen and oxygen atoms in total. The van der Waals surface area contributed by atoms with E-state index >= 15 is 0 Å². The Labute approximate surface area is 145 Å². The number of ether oxygens (including phenoxy) is 1. The number of carbonyl (C=O) groups excluding carboxylic acids is 1. The van der Waals surface area contributed by atoms with E-state index in [-0.39, 0.29) is 5.91 Å². The summed E-state index contributed by atoms with van der Waals surface area (Å²) in [6.07, 6.45) is 9.79. The third-order valence-corrected chi connectivity index (χ3v) is 5.23. The molecule has 130 valence electrons. The van der Waals surface area contributed by atoms with Gasteiger partial charge in [0, 0.05) is 30.8 Å². The topological polar surface area (TPSA) is 32.8 Å². The fourth-order valence-corrected chi connectivity index (χ4v) is 3.81. The van der Waals surface area contributed by atoms with Gasteiger partial charge in [0.25, 0.3) is 0 Å². The van der Waals surface area contributed by atoms with Gasteiger partial charge in [-0.2, -0.15) is 0 Å². The number of piperidine rings is 2. The number of hydrogen-bond donors (Lipinski definition) is 0. The fraction of sp³-hybridized carbons (Fsp3) is 0.550. The first-order valence-electron chi connectivity index (χ1n) is 9.12. The Hall–Kier alpha value is -1.81. The molecule has 0 bridgehead atoms. The average Bonchev–Trinajstić information content (AvgIpc) is 2.67. The number of hydrogen-bond acceptors (Lipinski definition) is 3. The van der Waals surface area contributed by atoms with Gasteiger partial charge in [0.15, 0.2) is 0 Å². The minimum atomic E-state index is 0.109. The third-order valence-electron chi connectivity index (χ3n) is 5.23. The Bertz CT molecular complexity index is 571. The largest absolute Gasteiger partial charge is 0.496 e. The van der Waals surface area contributed by atoms with Crippen LogP contribution in [0.4, 0.5) is 0 Å². The quantitative estimate of drug-likeness (QED) is 0.796. The minimum absolute atomic E-state index is 0.109. The SMILES string of the molecule is COc1ccccc1/C=C\C(=O)N1CCC(N2CCCCC2)CC1. The van der Waals surface area contributed by atoms with Crippen LogP contribution in [-0.4, -0.2) is 55.0 Å². The third kappa shape index (κ3) is 4.18. The predicted molar refractivity (Wildman–Crippen MR) is 97.1 cm³/mol. The molecule has 0 aliphatic carbocycles. The van der Waals surface area contributed by atoms with Crippen molar-refractivity contribution in [1.82, 2.24) is 9.80 Å². The summed E-state index contributed by atoms with van der Waals surface area (Å²) in [5.74, 6) is 0.906. The van der Waals surface area contributed by atoms with Crippen molar-refractivity contribution in [3.05, 3.63) is 35.9 Å². The van der Waals surface area contributed by atoms with Gasteiger partial charge in [-0.05, 0) is 50.9 Å². The van der Waals surface area contributed by atoms with E-state index < -0.39 is 0 Å². The Balaban J connectivity index is 1.52. The molecule has 0 atom stereocenters. The maximum absolute atomic E-state index is 12.4.